The van der Waals surface area contributed by atoms with Crippen molar-refractivity contribution in [1.29, 1.82) is 5.26 Å². The lowest BCUT2D eigenvalue weighted by molar-refractivity contribution is 0.0695. The molecule has 0 atom stereocenters. The van der Waals surface area contributed by atoms with E-state index in [2.05, 4.69) is 6.07 Å². The first kappa shape index (κ1) is 13.6. The van der Waals surface area contributed by atoms with Crippen molar-refractivity contribution in [2.45, 2.75) is 6.54 Å². The minimum absolute atomic E-state index is 0.313. The molecule has 0 aliphatic carbocycles. The molecular formula is C16H14N2O2. The molecule has 1 N–H and O–H groups in total. The van der Waals surface area contributed by atoms with E-state index in [0.29, 0.717) is 17.7 Å². The average molecular weight is 266 g/mol. The number of hydrogen-bond donors (Lipinski definition) is 1. The third-order valence-corrected chi connectivity index (χ3v) is 3.09. The van der Waals surface area contributed by atoms with Crippen molar-refractivity contribution in [3.05, 3.63) is 65.2 Å². The second kappa shape index (κ2) is 5.89. The van der Waals surface area contributed by atoms with Crippen molar-refractivity contribution >= 4 is 11.7 Å². The Kier molecular flexibility index (Phi) is 4.02. The first-order chi connectivity index (χ1) is 9.61. The highest BCUT2D eigenvalue weighted by molar-refractivity contribution is 5.89. The third-order valence-electron chi connectivity index (χ3n) is 3.09. The lowest BCUT2D eigenvalue weighted by atomic mass is 10.1. The Morgan fingerprint density at radius 1 is 1.20 bits per heavy atom. The number of rotatable bonds is 4. The van der Waals surface area contributed by atoms with E-state index in [1.54, 1.807) is 24.3 Å². The molecule has 0 aromatic heterocycles. The Balaban J connectivity index is 2.21. The fourth-order valence-corrected chi connectivity index (χ4v) is 2.00. The van der Waals surface area contributed by atoms with E-state index in [9.17, 15) is 4.79 Å². The van der Waals surface area contributed by atoms with E-state index in [0.717, 1.165) is 11.3 Å². The van der Waals surface area contributed by atoms with Crippen molar-refractivity contribution in [2.75, 3.05) is 11.9 Å². The second-order valence-electron chi connectivity index (χ2n) is 4.48. The van der Waals surface area contributed by atoms with Crippen LogP contribution in [0.2, 0.25) is 0 Å². The lowest BCUT2D eigenvalue weighted by Gasteiger charge is -2.20. The first-order valence-corrected chi connectivity index (χ1v) is 6.14. The Labute approximate surface area is 117 Å². The smallest absolute Gasteiger partial charge is 0.336 e. The minimum Gasteiger partial charge on any atom is -0.478 e. The molecule has 0 saturated carbocycles. The van der Waals surface area contributed by atoms with Gasteiger partial charge >= 0.3 is 5.97 Å². The summed E-state index contributed by atoms with van der Waals surface area (Å²) in [5.41, 5.74) is 2.61. The quantitative estimate of drug-likeness (QED) is 0.924. The topological polar surface area (TPSA) is 64.3 Å². The van der Waals surface area contributed by atoms with Gasteiger partial charge in [-0.05, 0) is 35.9 Å². The molecule has 2 aromatic carbocycles. The zero-order chi connectivity index (χ0) is 14.5. The summed E-state index contributed by atoms with van der Waals surface area (Å²) >= 11 is 0. The summed E-state index contributed by atoms with van der Waals surface area (Å²) in [4.78, 5) is 13.1. The summed E-state index contributed by atoms with van der Waals surface area (Å²) in [6, 6.07) is 16.2. The van der Waals surface area contributed by atoms with Crippen molar-refractivity contribution in [2.24, 2.45) is 0 Å². The molecule has 4 nitrogen and oxygen atoms in total. The summed E-state index contributed by atoms with van der Waals surface area (Å²) in [5, 5.41) is 17.9. The molecule has 0 radical (unpaired) electrons. The summed E-state index contributed by atoms with van der Waals surface area (Å²) < 4.78 is 0. The van der Waals surface area contributed by atoms with Crippen molar-refractivity contribution in [3.63, 3.8) is 0 Å². The molecule has 0 heterocycles. The van der Waals surface area contributed by atoms with E-state index in [-0.39, 0.29) is 0 Å². The summed E-state index contributed by atoms with van der Waals surface area (Å²) in [6.45, 7) is 0.494. The van der Waals surface area contributed by atoms with E-state index in [4.69, 9.17) is 10.4 Å². The highest BCUT2D eigenvalue weighted by atomic mass is 16.4. The number of aromatic carboxylic acids is 1. The fraction of sp³-hybridized carbons (Fsp3) is 0.125. The van der Waals surface area contributed by atoms with Crippen LogP contribution >= 0.6 is 0 Å². The van der Waals surface area contributed by atoms with Crippen LogP contribution in [0.1, 0.15) is 21.5 Å². The third kappa shape index (κ3) is 2.96. The van der Waals surface area contributed by atoms with Gasteiger partial charge in [0.25, 0.3) is 0 Å². The highest BCUT2D eigenvalue weighted by Gasteiger charge is 2.11. The van der Waals surface area contributed by atoms with Crippen LogP contribution in [-0.4, -0.2) is 18.1 Å². The summed E-state index contributed by atoms with van der Waals surface area (Å²) in [6.07, 6.45) is 0. The van der Waals surface area contributed by atoms with Crippen molar-refractivity contribution in [1.82, 2.24) is 0 Å². The highest BCUT2D eigenvalue weighted by Crippen LogP contribution is 2.18. The number of nitriles is 1. The SMILES string of the molecule is CN(Cc1ccccc1C(=O)O)c1ccc(C#N)cc1. The molecular weight excluding hydrogens is 252 g/mol. The van der Waals surface area contributed by atoms with Gasteiger partial charge < -0.3 is 10.0 Å². The van der Waals surface area contributed by atoms with Crippen LogP contribution in [0.3, 0.4) is 0 Å². The van der Waals surface area contributed by atoms with Gasteiger partial charge in [-0.25, -0.2) is 4.79 Å². The van der Waals surface area contributed by atoms with E-state index in [1.807, 2.05) is 36.2 Å². The number of anilines is 1. The molecule has 0 fully saturated rings. The van der Waals surface area contributed by atoms with Gasteiger partial charge in [-0.2, -0.15) is 5.26 Å². The Morgan fingerprint density at radius 3 is 2.45 bits per heavy atom. The maximum Gasteiger partial charge on any atom is 0.336 e. The van der Waals surface area contributed by atoms with Crippen molar-refractivity contribution in [3.8, 4) is 6.07 Å². The average Bonchev–Trinajstić information content (AvgIpc) is 2.47. The standard InChI is InChI=1S/C16H14N2O2/c1-18(14-8-6-12(10-17)7-9-14)11-13-4-2-3-5-15(13)16(19)20/h2-9H,11H2,1H3,(H,19,20). The molecule has 2 rings (SSSR count). The van der Waals surface area contributed by atoms with Crippen LogP contribution in [0.4, 0.5) is 5.69 Å². The molecule has 0 bridgehead atoms. The van der Waals surface area contributed by atoms with Crippen LogP contribution in [0.15, 0.2) is 48.5 Å². The summed E-state index contributed by atoms with van der Waals surface area (Å²) in [7, 11) is 1.89. The molecule has 4 heteroatoms. The molecule has 0 aliphatic rings. The van der Waals surface area contributed by atoms with E-state index >= 15 is 0 Å². The first-order valence-electron chi connectivity index (χ1n) is 6.14. The predicted octanol–water partition coefficient (Wildman–Crippen LogP) is 2.89. The van der Waals surface area contributed by atoms with Crippen LogP contribution < -0.4 is 4.90 Å². The normalized spacial score (nSPS) is 9.80. The Hall–Kier alpha value is -2.80. The molecule has 100 valence electrons. The number of hydrogen-bond acceptors (Lipinski definition) is 3. The summed E-state index contributed by atoms with van der Waals surface area (Å²) in [5.74, 6) is -0.922. The van der Waals surface area contributed by atoms with Gasteiger partial charge in [0.05, 0.1) is 17.2 Å². The molecule has 2 aromatic rings. The fourth-order valence-electron chi connectivity index (χ4n) is 2.00. The lowest BCUT2D eigenvalue weighted by Crippen LogP contribution is -2.18. The van der Waals surface area contributed by atoms with Gasteiger partial charge in [-0.15, -0.1) is 0 Å². The van der Waals surface area contributed by atoms with Crippen LogP contribution in [0.25, 0.3) is 0 Å². The number of carbonyl (C=O) groups is 1. The maximum atomic E-state index is 11.2. The molecule has 0 aliphatic heterocycles. The monoisotopic (exact) mass is 266 g/mol. The van der Waals surface area contributed by atoms with Crippen LogP contribution in [0.5, 0.6) is 0 Å². The van der Waals surface area contributed by atoms with Gasteiger partial charge in [0.1, 0.15) is 0 Å². The number of benzene rings is 2. The van der Waals surface area contributed by atoms with Gasteiger partial charge in [-0.1, -0.05) is 18.2 Å². The molecule has 0 saturated heterocycles. The molecule has 20 heavy (non-hydrogen) atoms. The molecule has 0 unspecified atom stereocenters. The molecule has 0 amide bonds. The van der Waals surface area contributed by atoms with Gasteiger partial charge in [-0.3, -0.25) is 0 Å². The minimum atomic E-state index is -0.922. The zero-order valence-corrected chi connectivity index (χ0v) is 11.1. The van der Waals surface area contributed by atoms with Gasteiger partial charge in [0.15, 0.2) is 0 Å². The zero-order valence-electron chi connectivity index (χ0n) is 11.1. The van der Waals surface area contributed by atoms with E-state index < -0.39 is 5.97 Å². The molecule has 0 spiro atoms. The number of nitrogens with zero attached hydrogens (tertiary/aromatic N) is 2. The van der Waals surface area contributed by atoms with Crippen LogP contribution in [-0.2, 0) is 6.54 Å². The van der Waals surface area contributed by atoms with E-state index in [1.165, 1.54) is 0 Å². The Bertz CT molecular complexity index is 657. The van der Waals surface area contributed by atoms with Gasteiger partial charge in [0, 0.05) is 19.3 Å². The van der Waals surface area contributed by atoms with Crippen LogP contribution in [0, 0.1) is 11.3 Å². The number of carboxylic acids is 1. The number of carboxylic acid groups (broad SMARTS) is 1. The largest absolute Gasteiger partial charge is 0.478 e. The maximum absolute atomic E-state index is 11.2. The second-order valence-corrected chi connectivity index (χ2v) is 4.48. The van der Waals surface area contributed by atoms with Gasteiger partial charge in [0.2, 0.25) is 0 Å². The van der Waals surface area contributed by atoms with Crippen molar-refractivity contribution < 1.29 is 9.90 Å². The Morgan fingerprint density at radius 2 is 1.85 bits per heavy atom. The predicted molar refractivity (Wildman–Crippen MR) is 76.7 cm³/mol.